The molecule has 0 spiro atoms. The Labute approximate surface area is 180 Å². The van der Waals surface area contributed by atoms with Crippen LogP contribution in [-0.2, 0) is 20.5 Å². The number of esters is 2. The van der Waals surface area contributed by atoms with Gasteiger partial charge in [0.15, 0.2) is 14.7 Å². The third-order valence-electron chi connectivity index (χ3n) is 3.96. The van der Waals surface area contributed by atoms with Crippen LogP contribution < -0.4 is 9.47 Å². The third-order valence-corrected chi connectivity index (χ3v) is 6.19. The van der Waals surface area contributed by atoms with E-state index in [1.54, 1.807) is 48.5 Å². The Hall–Kier alpha value is -3.71. The van der Waals surface area contributed by atoms with Gasteiger partial charge in [-0.3, -0.25) is 0 Å². The largest absolute Gasteiger partial charge is 0.421 e. The Kier molecular flexibility index (Phi) is 6.99. The fraction of sp³-hybridized carbons (Fsp3) is 0. The van der Waals surface area contributed by atoms with Crippen molar-refractivity contribution in [1.82, 2.24) is 0 Å². The Morgan fingerprint density at radius 1 is 0.613 bits per heavy atom. The molecule has 0 heterocycles. The fourth-order valence-electron chi connectivity index (χ4n) is 2.58. The molecule has 0 amide bonds. The summed E-state index contributed by atoms with van der Waals surface area (Å²) >= 11 is 0. The van der Waals surface area contributed by atoms with Gasteiger partial charge in [0, 0.05) is 0 Å². The zero-order valence-corrected chi connectivity index (χ0v) is 17.0. The maximum absolute atomic E-state index is 12.9. The van der Waals surface area contributed by atoms with Gasteiger partial charge in [-0.2, -0.15) is 8.78 Å². The monoisotopic (exact) mass is 439 g/mol. The standard InChI is InChI=1S/C24H17F2O4S/c1-16(25)23(27)29-18-8-12-21(13-9-18)31(20-6-4-3-5-7-20)22-14-10-19(11-15-22)30-24(28)17(2)26/h3-15H,1-2H2/q+1. The maximum atomic E-state index is 12.9. The second-order valence-electron chi connectivity index (χ2n) is 6.15. The number of carbonyl (C=O) groups is 2. The number of hydrogen-bond acceptors (Lipinski definition) is 4. The van der Waals surface area contributed by atoms with Gasteiger partial charge in [-0.15, -0.1) is 0 Å². The van der Waals surface area contributed by atoms with Crippen molar-refractivity contribution in [2.45, 2.75) is 14.7 Å². The number of benzene rings is 3. The van der Waals surface area contributed by atoms with E-state index in [-0.39, 0.29) is 11.5 Å². The number of ether oxygens (including phenoxy) is 2. The quantitative estimate of drug-likeness (QED) is 0.209. The molecule has 0 N–H and O–H groups in total. The molecule has 31 heavy (non-hydrogen) atoms. The van der Waals surface area contributed by atoms with Crippen LogP contribution in [0.1, 0.15) is 0 Å². The van der Waals surface area contributed by atoms with Crippen molar-refractivity contribution in [3.05, 3.63) is 104 Å². The Morgan fingerprint density at radius 2 is 0.968 bits per heavy atom. The first-order valence-corrected chi connectivity index (χ1v) is 10.2. The summed E-state index contributed by atoms with van der Waals surface area (Å²) in [5.41, 5.74) is 0. The first-order chi connectivity index (χ1) is 14.8. The highest BCUT2D eigenvalue weighted by atomic mass is 32.2. The van der Waals surface area contributed by atoms with Gasteiger partial charge in [0.1, 0.15) is 11.5 Å². The number of hydrogen-bond donors (Lipinski definition) is 0. The average molecular weight is 439 g/mol. The second kappa shape index (κ2) is 9.86. The summed E-state index contributed by atoms with van der Waals surface area (Å²) < 4.78 is 35.5. The van der Waals surface area contributed by atoms with Crippen LogP contribution in [0.2, 0.25) is 0 Å². The van der Waals surface area contributed by atoms with Crippen LogP contribution in [0.25, 0.3) is 0 Å². The van der Waals surface area contributed by atoms with Crippen LogP contribution in [0, 0.1) is 0 Å². The summed E-state index contributed by atoms with van der Waals surface area (Å²) in [4.78, 5) is 25.6. The molecule has 3 rings (SSSR count). The predicted octanol–water partition coefficient (Wildman–Crippen LogP) is 5.56. The molecular weight excluding hydrogens is 422 g/mol. The highest BCUT2D eigenvalue weighted by Gasteiger charge is 2.29. The van der Waals surface area contributed by atoms with Crippen LogP contribution in [0.15, 0.2) is 118 Å². The first kappa shape index (κ1) is 22.0. The Morgan fingerprint density at radius 3 is 1.32 bits per heavy atom. The molecule has 0 aliphatic heterocycles. The van der Waals surface area contributed by atoms with Crippen molar-refractivity contribution in [1.29, 1.82) is 0 Å². The molecule has 0 unspecified atom stereocenters. The SMILES string of the molecule is C=C(F)C(=O)Oc1ccc([S+](c2ccccc2)c2ccc(OC(=O)C(=C)F)cc2)cc1. The lowest BCUT2D eigenvalue weighted by Crippen LogP contribution is -2.09. The highest BCUT2D eigenvalue weighted by molar-refractivity contribution is 7.97. The van der Waals surface area contributed by atoms with Crippen LogP contribution in [0.3, 0.4) is 0 Å². The van der Waals surface area contributed by atoms with Gasteiger partial charge >= 0.3 is 11.9 Å². The lowest BCUT2D eigenvalue weighted by Gasteiger charge is -2.09. The van der Waals surface area contributed by atoms with Crippen molar-refractivity contribution >= 4 is 22.8 Å². The zero-order chi connectivity index (χ0) is 22.4. The lowest BCUT2D eigenvalue weighted by molar-refractivity contribution is -0.132. The van der Waals surface area contributed by atoms with Crippen LogP contribution >= 0.6 is 0 Å². The molecule has 0 bridgehead atoms. The fourth-order valence-corrected chi connectivity index (χ4v) is 4.64. The molecule has 0 atom stereocenters. The van der Waals surface area contributed by atoms with Crippen molar-refractivity contribution in [2.24, 2.45) is 0 Å². The number of halogens is 2. The zero-order valence-electron chi connectivity index (χ0n) is 16.2. The average Bonchev–Trinajstić information content (AvgIpc) is 2.77. The van der Waals surface area contributed by atoms with Crippen molar-refractivity contribution < 1.29 is 27.8 Å². The van der Waals surface area contributed by atoms with Crippen LogP contribution in [-0.4, -0.2) is 11.9 Å². The highest BCUT2D eigenvalue weighted by Crippen LogP contribution is 2.33. The molecule has 0 radical (unpaired) electrons. The molecule has 7 heteroatoms. The van der Waals surface area contributed by atoms with E-state index in [0.29, 0.717) is 0 Å². The Bertz CT molecular complexity index is 1040. The van der Waals surface area contributed by atoms with E-state index in [9.17, 15) is 18.4 Å². The summed E-state index contributed by atoms with van der Waals surface area (Å²) in [6, 6.07) is 23.1. The topological polar surface area (TPSA) is 52.6 Å². The van der Waals surface area contributed by atoms with E-state index in [4.69, 9.17) is 9.47 Å². The van der Waals surface area contributed by atoms with Crippen molar-refractivity contribution in [3.8, 4) is 11.5 Å². The summed E-state index contributed by atoms with van der Waals surface area (Å²) in [7, 11) is -0.538. The maximum Gasteiger partial charge on any atom is 0.371 e. The summed E-state index contributed by atoms with van der Waals surface area (Å²) in [6.07, 6.45) is 0. The van der Waals surface area contributed by atoms with Gasteiger partial charge in [-0.05, 0) is 60.7 Å². The predicted molar refractivity (Wildman–Crippen MR) is 113 cm³/mol. The summed E-state index contributed by atoms with van der Waals surface area (Å²) in [5, 5.41) is 0. The number of carbonyl (C=O) groups excluding carboxylic acids is 2. The normalized spacial score (nSPS) is 10.4. The minimum atomic E-state index is -1.18. The van der Waals surface area contributed by atoms with E-state index in [1.807, 2.05) is 30.3 Å². The molecule has 0 aliphatic carbocycles. The van der Waals surface area contributed by atoms with Crippen LogP contribution in [0.5, 0.6) is 11.5 Å². The van der Waals surface area contributed by atoms with E-state index in [1.165, 1.54) is 0 Å². The summed E-state index contributed by atoms with van der Waals surface area (Å²) in [5.74, 6) is -4.25. The lowest BCUT2D eigenvalue weighted by atomic mass is 10.3. The van der Waals surface area contributed by atoms with E-state index < -0.39 is 34.5 Å². The van der Waals surface area contributed by atoms with Gasteiger partial charge in [0.2, 0.25) is 11.7 Å². The van der Waals surface area contributed by atoms with E-state index in [2.05, 4.69) is 13.2 Å². The molecule has 3 aromatic rings. The minimum absolute atomic E-state index is 0.192. The van der Waals surface area contributed by atoms with Crippen molar-refractivity contribution in [2.75, 3.05) is 0 Å². The molecular formula is C24H17F2O4S+. The molecule has 0 fully saturated rings. The smallest absolute Gasteiger partial charge is 0.371 e. The number of rotatable bonds is 7. The minimum Gasteiger partial charge on any atom is -0.421 e. The van der Waals surface area contributed by atoms with Gasteiger partial charge in [-0.1, -0.05) is 31.4 Å². The van der Waals surface area contributed by atoms with E-state index >= 15 is 0 Å². The molecule has 0 aromatic heterocycles. The van der Waals surface area contributed by atoms with Gasteiger partial charge in [-0.25, -0.2) is 9.59 Å². The molecule has 0 saturated carbocycles. The molecule has 4 nitrogen and oxygen atoms in total. The molecule has 0 saturated heterocycles. The third kappa shape index (κ3) is 5.67. The molecule has 156 valence electrons. The molecule has 0 aliphatic rings. The second-order valence-corrected chi connectivity index (χ2v) is 8.18. The first-order valence-electron chi connectivity index (χ1n) is 8.98. The van der Waals surface area contributed by atoms with E-state index in [0.717, 1.165) is 14.7 Å². The van der Waals surface area contributed by atoms with Crippen LogP contribution in [0.4, 0.5) is 8.78 Å². The van der Waals surface area contributed by atoms with Gasteiger partial charge in [0.25, 0.3) is 0 Å². The van der Waals surface area contributed by atoms with Crippen molar-refractivity contribution in [3.63, 3.8) is 0 Å². The van der Waals surface area contributed by atoms with Gasteiger partial charge < -0.3 is 9.47 Å². The molecule has 3 aromatic carbocycles. The van der Waals surface area contributed by atoms with Gasteiger partial charge in [0.05, 0.1) is 10.9 Å². The Balaban J connectivity index is 1.91. The summed E-state index contributed by atoms with van der Waals surface area (Å²) in [6.45, 7) is 5.83.